The highest BCUT2D eigenvalue weighted by Gasteiger charge is 2.25. The van der Waals surface area contributed by atoms with Gasteiger partial charge in [-0.2, -0.15) is 0 Å². The number of imidazole rings is 2. The van der Waals surface area contributed by atoms with E-state index in [4.69, 9.17) is 4.98 Å². The molecule has 4 nitrogen and oxygen atoms in total. The van der Waals surface area contributed by atoms with Crippen LogP contribution in [0.2, 0.25) is 0 Å². The van der Waals surface area contributed by atoms with Crippen molar-refractivity contribution in [3.8, 4) is 11.4 Å². The molecule has 2 aromatic heterocycles. The molecule has 6 rings (SSSR count). The van der Waals surface area contributed by atoms with Crippen molar-refractivity contribution < 1.29 is 0 Å². The van der Waals surface area contributed by atoms with Crippen molar-refractivity contribution in [3.63, 3.8) is 0 Å². The average molecular weight is 583 g/mol. The molecule has 0 saturated heterocycles. The molecule has 0 bridgehead atoms. The summed E-state index contributed by atoms with van der Waals surface area (Å²) in [5.41, 5.74) is 14.3. The maximum absolute atomic E-state index is 4.80. The van der Waals surface area contributed by atoms with Crippen LogP contribution in [0.25, 0.3) is 33.4 Å². The number of aryl methyl sites for hydroxylation is 4. The number of hydrogen-bond acceptors (Lipinski definition) is 2. The van der Waals surface area contributed by atoms with Crippen molar-refractivity contribution in [3.05, 3.63) is 119 Å². The Bertz CT molecular complexity index is 1920. The van der Waals surface area contributed by atoms with E-state index >= 15 is 0 Å². The van der Waals surface area contributed by atoms with Crippen molar-refractivity contribution >= 4 is 22.1 Å². The molecule has 4 aromatic carbocycles. The van der Waals surface area contributed by atoms with Crippen molar-refractivity contribution in [2.24, 2.45) is 0 Å². The molecule has 0 atom stereocenters. The largest absolute Gasteiger partial charge is 0.299 e. The summed E-state index contributed by atoms with van der Waals surface area (Å²) < 4.78 is 4.44. The van der Waals surface area contributed by atoms with Crippen LogP contribution in [0.3, 0.4) is 0 Å². The summed E-state index contributed by atoms with van der Waals surface area (Å²) in [6.45, 7) is 13.4. The topological polar surface area (TPSA) is 35.6 Å². The summed E-state index contributed by atoms with van der Waals surface area (Å²) in [5, 5.41) is 0. The minimum atomic E-state index is -0.150. The van der Waals surface area contributed by atoms with Gasteiger partial charge in [-0.1, -0.05) is 89.3 Å². The third kappa shape index (κ3) is 5.83. The van der Waals surface area contributed by atoms with E-state index in [0.717, 1.165) is 23.0 Å². The van der Waals surface area contributed by atoms with E-state index < -0.39 is 0 Å². The number of fused-ring (bicyclic) bond motifs is 2. The van der Waals surface area contributed by atoms with Gasteiger partial charge in [0.15, 0.2) is 0 Å². The van der Waals surface area contributed by atoms with E-state index in [1.54, 1.807) is 0 Å². The number of hydrogen-bond donors (Lipinski definition) is 0. The first-order valence-corrected chi connectivity index (χ1v) is 16.4. The van der Waals surface area contributed by atoms with Crippen molar-refractivity contribution in [2.45, 2.75) is 91.9 Å². The lowest BCUT2D eigenvalue weighted by molar-refractivity contribution is 0.607. The number of rotatable bonds is 11. The highest BCUT2D eigenvalue weighted by molar-refractivity contribution is 5.79. The molecule has 0 saturated carbocycles. The molecule has 0 aliphatic carbocycles. The number of benzene rings is 4. The van der Waals surface area contributed by atoms with Crippen LogP contribution in [0.1, 0.15) is 92.7 Å². The fourth-order valence-electron chi connectivity index (χ4n) is 6.63. The maximum Gasteiger partial charge on any atom is 0.100 e. The molecule has 0 spiro atoms. The molecule has 0 amide bonds. The van der Waals surface area contributed by atoms with Crippen LogP contribution in [0, 0.1) is 20.8 Å². The Hall–Kier alpha value is -4.18. The van der Waals surface area contributed by atoms with Gasteiger partial charge in [-0.15, -0.1) is 0 Å². The van der Waals surface area contributed by atoms with Gasteiger partial charge < -0.3 is 0 Å². The summed E-state index contributed by atoms with van der Waals surface area (Å²) in [7, 11) is 0. The number of aromatic nitrogens is 4. The van der Waals surface area contributed by atoms with E-state index in [2.05, 4.69) is 128 Å². The Morgan fingerprint density at radius 1 is 0.591 bits per heavy atom. The molecule has 4 heteroatoms. The molecule has 0 N–H and O–H groups in total. The highest BCUT2D eigenvalue weighted by atomic mass is 15.1. The SMILES string of the molecule is CCCCCCCCc1ccc2c(c1)ncn2-c1ccc(C(C)(C)c2ccc(-n3cnc4cc(C)ccc43)c(C)c2)cc1C. The lowest BCUT2D eigenvalue weighted by Gasteiger charge is -2.28. The van der Waals surface area contributed by atoms with Crippen LogP contribution in [0.4, 0.5) is 0 Å². The summed E-state index contributed by atoms with van der Waals surface area (Å²) in [5.74, 6) is 0. The van der Waals surface area contributed by atoms with Gasteiger partial charge in [0, 0.05) is 5.41 Å². The lowest BCUT2D eigenvalue weighted by Crippen LogP contribution is -2.20. The van der Waals surface area contributed by atoms with Gasteiger partial charge in [-0.3, -0.25) is 9.13 Å². The molecule has 2 heterocycles. The lowest BCUT2D eigenvalue weighted by atomic mass is 9.77. The first-order valence-electron chi connectivity index (χ1n) is 16.4. The van der Waals surface area contributed by atoms with E-state index in [1.165, 1.54) is 88.8 Å². The predicted octanol–water partition coefficient (Wildman–Crippen LogP) is 10.5. The fourth-order valence-corrected chi connectivity index (χ4v) is 6.63. The van der Waals surface area contributed by atoms with E-state index in [-0.39, 0.29) is 5.41 Å². The molecule has 6 aromatic rings. The van der Waals surface area contributed by atoms with E-state index in [9.17, 15) is 0 Å². The summed E-state index contributed by atoms with van der Waals surface area (Å²) in [4.78, 5) is 9.46. The van der Waals surface area contributed by atoms with E-state index in [1.807, 2.05) is 12.7 Å². The third-order valence-electron chi connectivity index (χ3n) is 9.49. The van der Waals surface area contributed by atoms with Crippen LogP contribution >= 0.6 is 0 Å². The molecule has 0 radical (unpaired) electrons. The zero-order chi connectivity index (χ0) is 30.8. The molecule has 226 valence electrons. The highest BCUT2D eigenvalue weighted by Crippen LogP contribution is 2.35. The smallest absolute Gasteiger partial charge is 0.100 e. The zero-order valence-electron chi connectivity index (χ0n) is 27.3. The van der Waals surface area contributed by atoms with E-state index in [0.29, 0.717) is 0 Å². The van der Waals surface area contributed by atoms with Crippen LogP contribution in [-0.2, 0) is 11.8 Å². The van der Waals surface area contributed by atoms with Gasteiger partial charge in [0.1, 0.15) is 12.7 Å². The molecule has 0 aliphatic heterocycles. The Kier molecular flexibility index (Phi) is 8.44. The Labute approximate surface area is 262 Å². The molecular formula is C40H46N4. The predicted molar refractivity (Wildman–Crippen MR) is 186 cm³/mol. The number of nitrogens with zero attached hydrogens (tertiary/aromatic N) is 4. The second-order valence-corrected chi connectivity index (χ2v) is 13.2. The summed E-state index contributed by atoms with van der Waals surface area (Å²) in [6, 6.07) is 27.0. The van der Waals surface area contributed by atoms with Crippen LogP contribution in [0.15, 0.2) is 85.5 Å². The molecular weight excluding hydrogens is 536 g/mol. The van der Waals surface area contributed by atoms with Crippen LogP contribution in [-0.4, -0.2) is 19.1 Å². The second kappa shape index (κ2) is 12.4. The number of unbranched alkanes of at least 4 members (excludes halogenated alkanes) is 5. The van der Waals surface area contributed by atoms with Crippen molar-refractivity contribution in [2.75, 3.05) is 0 Å². The second-order valence-electron chi connectivity index (χ2n) is 13.2. The molecule has 0 fully saturated rings. The summed E-state index contributed by atoms with van der Waals surface area (Å²) in [6.07, 6.45) is 13.0. The fraction of sp³-hybridized carbons (Fsp3) is 0.350. The zero-order valence-corrected chi connectivity index (χ0v) is 27.3. The normalized spacial score (nSPS) is 12.0. The van der Waals surface area contributed by atoms with Crippen LogP contribution in [0.5, 0.6) is 0 Å². The minimum absolute atomic E-state index is 0.150. The molecule has 44 heavy (non-hydrogen) atoms. The standard InChI is InChI=1S/C40H46N4/c1-7-8-9-10-11-12-13-31-15-19-39-35(25-31)42-27-44(39)37-21-17-33(24-30(37)4)40(5,6)32-16-20-36(29(3)23-32)43-26-41-34-22-28(2)14-18-38(34)43/h14-27H,7-13H2,1-6H3. The van der Waals surface area contributed by atoms with Gasteiger partial charge in [0.2, 0.25) is 0 Å². The monoisotopic (exact) mass is 582 g/mol. The Balaban J connectivity index is 1.22. The molecule has 0 unspecified atom stereocenters. The minimum Gasteiger partial charge on any atom is -0.299 e. The van der Waals surface area contributed by atoms with Gasteiger partial charge in [-0.25, -0.2) is 9.97 Å². The third-order valence-corrected chi connectivity index (χ3v) is 9.49. The Morgan fingerprint density at radius 2 is 1.14 bits per heavy atom. The maximum atomic E-state index is 4.80. The van der Waals surface area contributed by atoms with Crippen LogP contribution < -0.4 is 0 Å². The van der Waals surface area contributed by atoms with Gasteiger partial charge >= 0.3 is 0 Å². The van der Waals surface area contributed by atoms with Gasteiger partial charge in [-0.05, 0) is 103 Å². The average Bonchev–Trinajstić information content (AvgIpc) is 3.62. The van der Waals surface area contributed by atoms with Crippen molar-refractivity contribution in [1.29, 1.82) is 0 Å². The molecule has 0 aliphatic rings. The van der Waals surface area contributed by atoms with Crippen molar-refractivity contribution in [1.82, 2.24) is 19.1 Å². The first-order chi connectivity index (χ1) is 21.3. The first kappa shape index (κ1) is 29.9. The Morgan fingerprint density at radius 3 is 1.73 bits per heavy atom. The van der Waals surface area contributed by atoms with Gasteiger partial charge in [0.25, 0.3) is 0 Å². The summed E-state index contributed by atoms with van der Waals surface area (Å²) >= 11 is 0. The van der Waals surface area contributed by atoms with Gasteiger partial charge in [0.05, 0.1) is 33.4 Å². The quantitative estimate of drug-likeness (QED) is 0.142.